The van der Waals surface area contributed by atoms with Gasteiger partial charge in [-0.05, 0) is 25.1 Å². The van der Waals surface area contributed by atoms with Crippen LogP contribution in [0.3, 0.4) is 0 Å². The van der Waals surface area contributed by atoms with Gasteiger partial charge in [-0.2, -0.15) is 13.2 Å². The molecule has 0 aliphatic heterocycles. The number of nitrogens with zero attached hydrogens (tertiary/aromatic N) is 2. The quantitative estimate of drug-likeness (QED) is 0.448. The minimum absolute atomic E-state index is 0.0104. The van der Waals surface area contributed by atoms with Gasteiger partial charge in [0.05, 0.1) is 22.6 Å². The summed E-state index contributed by atoms with van der Waals surface area (Å²) in [7, 11) is 1.20. The Labute approximate surface area is 168 Å². The van der Waals surface area contributed by atoms with Crippen LogP contribution in [0.25, 0.3) is 0 Å². The van der Waals surface area contributed by atoms with E-state index in [1.807, 2.05) is 0 Å². The van der Waals surface area contributed by atoms with Crippen molar-refractivity contribution in [3.8, 4) is 17.2 Å². The smallest absolute Gasteiger partial charge is 0.416 e. The van der Waals surface area contributed by atoms with Crippen LogP contribution < -0.4 is 14.4 Å². The molecule has 0 saturated heterocycles. The summed E-state index contributed by atoms with van der Waals surface area (Å²) in [5.74, 6) is -0.760. The largest absolute Gasteiger partial charge is 0.490 e. The van der Waals surface area contributed by atoms with Crippen molar-refractivity contribution in [1.29, 1.82) is 0 Å². The number of carbonyl (C=O) groups is 1. The summed E-state index contributed by atoms with van der Waals surface area (Å²) in [6.45, 7) is 2.99. The van der Waals surface area contributed by atoms with E-state index in [9.17, 15) is 28.1 Å². The molecule has 0 bridgehead atoms. The molecule has 0 unspecified atom stereocenters. The third kappa shape index (κ3) is 4.89. The van der Waals surface area contributed by atoms with Crippen molar-refractivity contribution in [2.24, 2.45) is 0 Å². The average molecular weight is 433 g/mol. The maximum Gasteiger partial charge on any atom is 0.416 e. The summed E-state index contributed by atoms with van der Waals surface area (Å²) < 4.78 is 48.9. The van der Waals surface area contributed by atoms with Crippen molar-refractivity contribution in [2.75, 3.05) is 18.6 Å². The lowest BCUT2D eigenvalue weighted by Crippen LogP contribution is -2.28. The lowest BCUT2D eigenvalue weighted by atomic mass is 10.2. The standard InChI is InChI=1S/C18H16ClF3N2O5/c1-4-23(10(2)25)14-8-12(9-16(28-3)17(14)24(26)27)29-15-6-5-11(7-13(15)19)18(20,21)22/h5-9H,4H2,1-3H3. The number of ether oxygens (including phenoxy) is 2. The van der Waals surface area contributed by atoms with Gasteiger partial charge >= 0.3 is 11.9 Å². The topological polar surface area (TPSA) is 81.9 Å². The summed E-state index contributed by atoms with van der Waals surface area (Å²) in [5, 5.41) is 11.2. The van der Waals surface area contributed by atoms with E-state index >= 15 is 0 Å². The lowest BCUT2D eigenvalue weighted by molar-refractivity contribution is -0.385. The Morgan fingerprint density at radius 3 is 2.34 bits per heavy atom. The van der Waals surface area contributed by atoms with Gasteiger partial charge in [0, 0.05) is 25.6 Å². The summed E-state index contributed by atoms with van der Waals surface area (Å²) >= 11 is 5.89. The maximum atomic E-state index is 12.8. The summed E-state index contributed by atoms with van der Waals surface area (Å²) in [6, 6.07) is 4.93. The van der Waals surface area contributed by atoms with E-state index in [1.54, 1.807) is 6.92 Å². The van der Waals surface area contributed by atoms with Crippen LogP contribution >= 0.6 is 11.6 Å². The number of hydrogen-bond donors (Lipinski definition) is 0. The van der Waals surface area contributed by atoms with Crippen LogP contribution in [0.4, 0.5) is 24.5 Å². The van der Waals surface area contributed by atoms with Crippen LogP contribution in [0.5, 0.6) is 17.2 Å². The number of anilines is 1. The molecule has 11 heteroatoms. The first-order chi connectivity index (χ1) is 13.5. The fourth-order valence-corrected chi connectivity index (χ4v) is 2.84. The molecule has 2 aromatic rings. The molecule has 2 rings (SSSR count). The number of rotatable bonds is 6. The Kier molecular flexibility index (Phi) is 6.58. The zero-order valence-corrected chi connectivity index (χ0v) is 16.3. The second-order valence-corrected chi connectivity index (χ2v) is 6.17. The number of nitro benzene ring substituents is 1. The van der Waals surface area contributed by atoms with Gasteiger partial charge in [-0.25, -0.2) is 0 Å². The van der Waals surface area contributed by atoms with Crippen LogP contribution in [-0.4, -0.2) is 24.5 Å². The first kappa shape index (κ1) is 22.3. The molecule has 0 spiro atoms. The molecule has 2 aromatic carbocycles. The number of hydrogen-bond acceptors (Lipinski definition) is 5. The minimum atomic E-state index is -4.57. The van der Waals surface area contributed by atoms with E-state index in [4.69, 9.17) is 21.1 Å². The number of carbonyl (C=O) groups excluding carboxylic acids is 1. The van der Waals surface area contributed by atoms with Gasteiger partial charge in [0.15, 0.2) is 0 Å². The Hall–Kier alpha value is -3.01. The monoisotopic (exact) mass is 432 g/mol. The van der Waals surface area contributed by atoms with Gasteiger partial charge < -0.3 is 14.4 Å². The number of halogens is 4. The highest BCUT2D eigenvalue weighted by Crippen LogP contribution is 2.43. The van der Waals surface area contributed by atoms with Crippen molar-refractivity contribution in [3.63, 3.8) is 0 Å². The Balaban J connectivity index is 2.57. The van der Waals surface area contributed by atoms with Gasteiger partial charge in [0.1, 0.15) is 17.2 Å². The molecule has 0 N–H and O–H groups in total. The van der Waals surface area contributed by atoms with E-state index < -0.39 is 28.3 Å². The fourth-order valence-electron chi connectivity index (χ4n) is 2.62. The summed E-state index contributed by atoms with van der Waals surface area (Å²) in [4.78, 5) is 23.9. The van der Waals surface area contributed by atoms with E-state index in [2.05, 4.69) is 0 Å². The number of methoxy groups -OCH3 is 1. The average Bonchev–Trinajstić information content (AvgIpc) is 2.62. The second-order valence-electron chi connectivity index (χ2n) is 5.76. The molecule has 7 nitrogen and oxygen atoms in total. The number of amides is 1. The van der Waals surface area contributed by atoms with Crippen LogP contribution in [0, 0.1) is 10.1 Å². The fraction of sp³-hybridized carbons (Fsp3) is 0.278. The molecule has 156 valence electrons. The molecule has 0 aromatic heterocycles. The number of benzene rings is 2. The Morgan fingerprint density at radius 2 is 1.90 bits per heavy atom. The lowest BCUT2D eigenvalue weighted by Gasteiger charge is -2.21. The normalized spacial score (nSPS) is 11.1. The van der Waals surface area contributed by atoms with E-state index in [1.165, 1.54) is 26.2 Å². The van der Waals surface area contributed by atoms with Crippen molar-refractivity contribution in [3.05, 3.63) is 51.0 Å². The molecular formula is C18H16ClF3N2O5. The van der Waals surface area contributed by atoms with Gasteiger partial charge in [0.2, 0.25) is 11.7 Å². The molecule has 0 aliphatic rings. The number of alkyl halides is 3. The first-order valence-electron chi connectivity index (χ1n) is 8.18. The van der Waals surface area contributed by atoms with Crippen LogP contribution in [0.15, 0.2) is 30.3 Å². The Morgan fingerprint density at radius 1 is 1.24 bits per heavy atom. The van der Waals surface area contributed by atoms with Gasteiger partial charge in [0.25, 0.3) is 0 Å². The maximum absolute atomic E-state index is 12.8. The van der Waals surface area contributed by atoms with Crippen molar-refractivity contribution in [1.82, 2.24) is 0 Å². The summed E-state index contributed by atoms with van der Waals surface area (Å²) in [6.07, 6.45) is -4.57. The third-order valence-corrected chi connectivity index (χ3v) is 4.20. The minimum Gasteiger partial charge on any atom is -0.490 e. The molecule has 0 atom stereocenters. The highest BCUT2D eigenvalue weighted by molar-refractivity contribution is 6.32. The van der Waals surface area contributed by atoms with Crippen LogP contribution in [-0.2, 0) is 11.0 Å². The zero-order chi connectivity index (χ0) is 21.9. The molecular weight excluding hydrogens is 417 g/mol. The molecule has 0 aliphatic carbocycles. The third-order valence-electron chi connectivity index (χ3n) is 3.90. The number of nitro groups is 1. The molecule has 0 radical (unpaired) electrons. The van der Waals surface area contributed by atoms with Crippen LogP contribution in [0.1, 0.15) is 19.4 Å². The molecule has 0 heterocycles. The van der Waals surface area contributed by atoms with Crippen molar-refractivity contribution >= 4 is 28.9 Å². The predicted octanol–water partition coefficient (Wildman–Crippen LogP) is 5.44. The van der Waals surface area contributed by atoms with Crippen molar-refractivity contribution < 1.29 is 32.4 Å². The molecule has 0 fully saturated rings. The van der Waals surface area contributed by atoms with E-state index in [0.29, 0.717) is 6.07 Å². The van der Waals surface area contributed by atoms with Gasteiger partial charge in [-0.1, -0.05) is 11.6 Å². The molecule has 29 heavy (non-hydrogen) atoms. The van der Waals surface area contributed by atoms with Gasteiger partial charge in [-0.15, -0.1) is 0 Å². The van der Waals surface area contributed by atoms with Crippen LogP contribution in [0.2, 0.25) is 5.02 Å². The SMILES string of the molecule is CCN(C(C)=O)c1cc(Oc2ccc(C(F)(F)F)cc2Cl)cc(OC)c1[N+](=O)[O-]. The predicted molar refractivity (Wildman–Crippen MR) is 99.9 cm³/mol. The molecule has 1 amide bonds. The highest BCUT2D eigenvalue weighted by Gasteiger charge is 2.31. The summed E-state index contributed by atoms with van der Waals surface area (Å²) in [5.41, 5.74) is -1.48. The van der Waals surface area contributed by atoms with E-state index in [-0.39, 0.29) is 34.5 Å². The van der Waals surface area contributed by atoms with Gasteiger partial charge in [-0.3, -0.25) is 14.9 Å². The first-order valence-corrected chi connectivity index (χ1v) is 8.56. The van der Waals surface area contributed by atoms with Crippen molar-refractivity contribution in [2.45, 2.75) is 20.0 Å². The second kappa shape index (κ2) is 8.56. The Bertz CT molecular complexity index is 950. The van der Waals surface area contributed by atoms with E-state index in [0.717, 1.165) is 17.0 Å². The zero-order valence-electron chi connectivity index (χ0n) is 15.5. The highest BCUT2D eigenvalue weighted by atomic mass is 35.5. The molecule has 0 saturated carbocycles.